The lowest BCUT2D eigenvalue weighted by atomic mass is 10.2. The number of benzene rings is 1. The van der Waals surface area contributed by atoms with Gasteiger partial charge in [-0.1, -0.05) is 6.07 Å². The molecule has 1 aromatic carbocycles. The van der Waals surface area contributed by atoms with E-state index in [2.05, 4.69) is 9.89 Å². The Bertz CT molecular complexity index is 959. The summed E-state index contributed by atoms with van der Waals surface area (Å²) >= 11 is 1.56. The van der Waals surface area contributed by atoms with E-state index in [1.807, 2.05) is 12.1 Å². The van der Waals surface area contributed by atoms with E-state index in [0.717, 1.165) is 23.0 Å². The van der Waals surface area contributed by atoms with Crippen molar-refractivity contribution in [3.63, 3.8) is 0 Å². The van der Waals surface area contributed by atoms with Crippen LogP contribution in [0.15, 0.2) is 47.1 Å². The highest BCUT2D eigenvalue weighted by molar-refractivity contribution is 7.16. The lowest BCUT2D eigenvalue weighted by Gasteiger charge is -2.27. The van der Waals surface area contributed by atoms with Crippen molar-refractivity contribution in [1.29, 1.82) is 0 Å². The molecule has 138 valence electrons. The van der Waals surface area contributed by atoms with E-state index in [0.29, 0.717) is 18.8 Å². The van der Waals surface area contributed by atoms with Crippen molar-refractivity contribution in [2.45, 2.75) is 0 Å². The van der Waals surface area contributed by atoms with Gasteiger partial charge in [0.05, 0.1) is 23.1 Å². The van der Waals surface area contributed by atoms with Crippen LogP contribution in [0.1, 0.15) is 10.4 Å². The Morgan fingerprint density at radius 2 is 2.04 bits per heavy atom. The third kappa shape index (κ3) is 3.74. The molecule has 0 spiro atoms. The predicted octanol–water partition coefficient (Wildman–Crippen LogP) is 2.84. The predicted molar refractivity (Wildman–Crippen MR) is 101 cm³/mol. The van der Waals surface area contributed by atoms with Crippen LogP contribution in [0.4, 0.5) is 10.7 Å². The highest BCUT2D eigenvalue weighted by Gasteiger charge is 2.25. The molecule has 0 aliphatic carbocycles. The molecule has 0 saturated carbocycles. The van der Waals surface area contributed by atoms with Crippen molar-refractivity contribution in [2.24, 2.45) is 4.99 Å². The van der Waals surface area contributed by atoms with Gasteiger partial charge in [-0.05, 0) is 24.3 Å². The van der Waals surface area contributed by atoms with E-state index < -0.39 is 10.9 Å². The van der Waals surface area contributed by atoms with Crippen LogP contribution >= 0.6 is 11.3 Å². The number of hydrogen-bond acceptors (Lipinski definition) is 8. The van der Waals surface area contributed by atoms with Crippen molar-refractivity contribution >= 4 is 40.0 Å². The van der Waals surface area contributed by atoms with Gasteiger partial charge in [0.1, 0.15) is 0 Å². The summed E-state index contributed by atoms with van der Waals surface area (Å²) in [5.41, 5.74) is 0.477. The van der Waals surface area contributed by atoms with Gasteiger partial charge in [-0.25, -0.2) is 9.79 Å². The van der Waals surface area contributed by atoms with Crippen molar-refractivity contribution < 1.29 is 19.2 Å². The fourth-order valence-electron chi connectivity index (χ4n) is 2.79. The average Bonchev–Trinajstić information content (AvgIpc) is 3.30. The Morgan fingerprint density at radius 1 is 1.22 bits per heavy atom. The Balaban J connectivity index is 1.57. The molecule has 9 heteroatoms. The van der Waals surface area contributed by atoms with Gasteiger partial charge in [0.15, 0.2) is 5.70 Å². The largest absolute Gasteiger partial charge is 0.402 e. The number of non-ortho nitro benzene ring substituents is 1. The average molecular weight is 385 g/mol. The van der Waals surface area contributed by atoms with Crippen LogP contribution in [0, 0.1) is 10.1 Å². The fraction of sp³-hybridized carbons (Fsp3) is 0.222. The van der Waals surface area contributed by atoms with Gasteiger partial charge >= 0.3 is 5.97 Å². The molecule has 4 rings (SSSR count). The summed E-state index contributed by atoms with van der Waals surface area (Å²) < 4.78 is 10.5. The summed E-state index contributed by atoms with van der Waals surface area (Å²) in [4.78, 5) is 29.9. The van der Waals surface area contributed by atoms with Gasteiger partial charge in [-0.15, -0.1) is 11.3 Å². The second-order valence-corrected chi connectivity index (χ2v) is 7.01. The number of thiophene rings is 1. The van der Waals surface area contributed by atoms with Crippen molar-refractivity contribution in [1.82, 2.24) is 0 Å². The number of carbonyl (C=O) groups excluding carboxylic acids is 1. The zero-order valence-corrected chi connectivity index (χ0v) is 15.0. The summed E-state index contributed by atoms with van der Waals surface area (Å²) in [6.07, 6.45) is 1.67. The quantitative estimate of drug-likeness (QED) is 0.348. The van der Waals surface area contributed by atoms with Gasteiger partial charge in [-0.3, -0.25) is 10.1 Å². The molecule has 0 unspecified atom stereocenters. The maximum Gasteiger partial charge on any atom is 0.363 e. The Hall–Kier alpha value is -3.04. The second kappa shape index (κ2) is 7.29. The van der Waals surface area contributed by atoms with E-state index in [9.17, 15) is 14.9 Å². The van der Waals surface area contributed by atoms with E-state index >= 15 is 0 Å². The molecule has 0 radical (unpaired) electrons. The normalized spacial score (nSPS) is 18.5. The van der Waals surface area contributed by atoms with Gasteiger partial charge < -0.3 is 14.4 Å². The van der Waals surface area contributed by atoms with Crippen LogP contribution in [-0.2, 0) is 14.3 Å². The maximum atomic E-state index is 12.1. The zero-order valence-electron chi connectivity index (χ0n) is 14.2. The van der Waals surface area contributed by atoms with Crippen LogP contribution in [0.25, 0.3) is 6.08 Å². The second-order valence-electron chi connectivity index (χ2n) is 5.92. The number of aliphatic imine (C=N–C) groups is 1. The number of cyclic esters (lactones) is 1. The number of morpholine rings is 1. The first-order chi connectivity index (χ1) is 13.1. The summed E-state index contributed by atoms with van der Waals surface area (Å²) in [6.45, 7) is 3.09. The minimum atomic E-state index is -0.571. The van der Waals surface area contributed by atoms with Gasteiger partial charge in [0.2, 0.25) is 5.90 Å². The van der Waals surface area contributed by atoms with Gasteiger partial charge in [0.25, 0.3) is 5.69 Å². The number of hydrogen-bond donors (Lipinski definition) is 0. The molecule has 1 fully saturated rings. The van der Waals surface area contributed by atoms with Crippen LogP contribution in [-0.4, -0.2) is 43.1 Å². The summed E-state index contributed by atoms with van der Waals surface area (Å²) in [5, 5.41) is 12.0. The standard InChI is InChI=1S/C18H15N3O5S/c22-18-15(11-14-4-5-16(27-14)20-6-8-25-9-7-20)19-17(26-18)12-2-1-3-13(10-12)21(23)24/h1-5,10-11H,6-9H2/b15-11+. The van der Waals surface area contributed by atoms with Gasteiger partial charge in [0, 0.05) is 35.7 Å². The van der Waals surface area contributed by atoms with Gasteiger partial charge in [-0.2, -0.15) is 0 Å². The lowest BCUT2D eigenvalue weighted by molar-refractivity contribution is -0.384. The number of nitro groups is 1. The fourth-order valence-corrected chi connectivity index (χ4v) is 3.79. The summed E-state index contributed by atoms with van der Waals surface area (Å²) in [6, 6.07) is 9.78. The molecule has 0 N–H and O–H groups in total. The molecule has 1 saturated heterocycles. The molecule has 0 amide bonds. The first-order valence-corrected chi connectivity index (χ1v) is 9.12. The molecular weight excluding hydrogens is 370 g/mol. The summed E-state index contributed by atoms with van der Waals surface area (Å²) in [5.74, 6) is -0.502. The highest BCUT2D eigenvalue weighted by Crippen LogP contribution is 2.30. The lowest BCUT2D eigenvalue weighted by Crippen LogP contribution is -2.35. The molecule has 8 nitrogen and oxygen atoms in total. The number of esters is 1. The monoisotopic (exact) mass is 385 g/mol. The molecule has 2 aliphatic rings. The number of anilines is 1. The SMILES string of the molecule is O=C1OC(c2cccc([N+](=O)[O-])c2)=N/C1=C/c1ccc(N2CCOCC2)s1. The van der Waals surface area contributed by atoms with Crippen LogP contribution in [0.5, 0.6) is 0 Å². The molecule has 1 aromatic heterocycles. The molecule has 0 bridgehead atoms. The Morgan fingerprint density at radius 3 is 2.81 bits per heavy atom. The van der Waals surface area contributed by atoms with Crippen LogP contribution < -0.4 is 4.90 Å². The molecular formula is C18H15N3O5S. The maximum absolute atomic E-state index is 12.1. The van der Waals surface area contributed by atoms with Crippen molar-refractivity contribution in [2.75, 3.05) is 31.2 Å². The number of nitrogens with zero attached hydrogens (tertiary/aromatic N) is 3. The van der Waals surface area contributed by atoms with E-state index in [4.69, 9.17) is 9.47 Å². The first-order valence-electron chi connectivity index (χ1n) is 8.30. The minimum absolute atomic E-state index is 0.0694. The van der Waals surface area contributed by atoms with Crippen molar-refractivity contribution in [3.05, 3.63) is 62.7 Å². The third-order valence-electron chi connectivity index (χ3n) is 4.14. The number of nitro benzene ring substituents is 1. The zero-order chi connectivity index (χ0) is 18.8. The van der Waals surface area contributed by atoms with E-state index in [1.165, 1.54) is 18.2 Å². The Labute approximate surface area is 158 Å². The highest BCUT2D eigenvalue weighted by atomic mass is 32.1. The third-order valence-corrected chi connectivity index (χ3v) is 5.23. The Kier molecular flexibility index (Phi) is 4.69. The van der Waals surface area contributed by atoms with Crippen LogP contribution in [0.2, 0.25) is 0 Å². The molecule has 2 aliphatic heterocycles. The number of ether oxygens (including phenoxy) is 2. The molecule has 3 heterocycles. The minimum Gasteiger partial charge on any atom is -0.402 e. The smallest absolute Gasteiger partial charge is 0.363 e. The molecule has 27 heavy (non-hydrogen) atoms. The molecule has 2 aromatic rings. The number of carbonyl (C=O) groups is 1. The first kappa shape index (κ1) is 17.4. The van der Waals surface area contributed by atoms with Crippen LogP contribution in [0.3, 0.4) is 0 Å². The van der Waals surface area contributed by atoms with E-state index in [-0.39, 0.29) is 17.3 Å². The van der Waals surface area contributed by atoms with E-state index in [1.54, 1.807) is 23.5 Å². The van der Waals surface area contributed by atoms with Crippen molar-refractivity contribution in [3.8, 4) is 0 Å². The topological polar surface area (TPSA) is 94.3 Å². The molecule has 0 atom stereocenters. The summed E-state index contributed by atoms with van der Waals surface area (Å²) in [7, 11) is 0. The number of rotatable bonds is 4.